The van der Waals surface area contributed by atoms with Crippen molar-refractivity contribution < 1.29 is 13.2 Å². The van der Waals surface area contributed by atoms with Crippen molar-refractivity contribution in [3.8, 4) is 0 Å². The van der Waals surface area contributed by atoms with Crippen molar-refractivity contribution >= 4 is 23.1 Å². The Morgan fingerprint density at radius 3 is 2.31 bits per heavy atom. The summed E-state index contributed by atoms with van der Waals surface area (Å²) in [7, 11) is 0. The van der Waals surface area contributed by atoms with E-state index in [2.05, 4.69) is 0 Å². The van der Waals surface area contributed by atoms with Crippen molar-refractivity contribution in [2.24, 2.45) is 0 Å². The monoisotopic (exact) mass is 226 g/mol. The van der Waals surface area contributed by atoms with E-state index in [9.17, 15) is 13.2 Å². The number of hydrogen-bond acceptors (Lipinski definition) is 2. The zero-order valence-corrected chi connectivity index (χ0v) is 8.82. The molecule has 0 atom stereocenters. The summed E-state index contributed by atoms with van der Waals surface area (Å²) in [6.45, 7) is 3.93. The quantitative estimate of drug-likeness (QED) is 0.670. The van der Waals surface area contributed by atoms with Crippen LogP contribution in [0.25, 0.3) is 0 Å². The second-order valence-corrected chi connectivity index (χ2v) is 5.34. The zero-order valence-electron chi connectivity index (χ0n) is 7.18. The third-order valence-corrected chi connectivity index (χ3v) is 3.64. The van der Waals surface area contributed by atoms with Crippen LogP contribution < -0.4 is 0 Å². The van der Waals surface area contributed by atoms with Crippen LogP contribution in [-0.4, -0.2) is 5.51 Å². The van der Waals surface area contributed by atoms with Crippen molar-refractivity contribution in [3.05, 3.63) is 17.0 Å². The molecule has 1 heterocycles. The van der Waals surface area contributed by atoms with Crippen LogP contribution in [0.5, 0.6) is 0 Å². The summed E-state index contributed by atoms with van der Waals surface area (Å²) < 4.78 is 36.1. The largest absolute Gasteiger partial charge is 0.447 e. The minimum atomic E-state index is -4.17. The molecule has 0 saturated heterocycles. The van der Waals surface area contributed by atoms with E-state index in [4.69, 9.17) is 0 Å². The lowest BCUT2D eigenvalue weighted by Crippen LogP contribution is -1.97. The summed E-state index contributed by atoms with van der Waals surface area (Å²) in [5.74, 6) is 0.299. The predicted octanol–water partition coefficient (Wildman–Crippen LogP) is 4.48. The molecule has 74 valence electrons. The maximum Gasteiger partial charge on any atom is 0.447 e. The second-order valence-electron chi connectivity index (χ2n) is 2.86. The van der Waals surface area contributed by atoms with Crippen molar-refractivity contribution in [2.75, 3.05) is 0 Å². The molecule has 0 amide bonds. The normalized spacial score (nSPS) is 12.5. The standard InChI is InChI=1S/C8H9F3S2/c1-5(2)6-3-4-7(12-6)13-8(9,10)11/h3-5H,1-2H3. The topological polar surface area (TPSA) is 0 Å². The predicted molar refractivity (Wildman–Crippen MR) is 50.3 cm³/mol. The molecule has 0 fully saturated rings. The minimum Gasteiger partial charge on any atom is -0.160 e. The number of rotatable bonds is 2. The fraction of sp³-hybridized carbons (Fsp3) is 0.500. The van der Waals surface area contributed by atoms with Gasteiger partial charge in [-0.25, -0.2) is 0 Å². The third kappa shape index (κ3) is 3.60. The summed E-state index contributed by atoms with van der Waals surface area (Å²) >= 11 is 1.17. The smallest absolute Gasteiger partial charge is 0.160 e. The molecule has 1 rings (SSSR count). The molecule has 0 unspecified atom stereocenters. The summed E-state index contributed by atoms with van der Waals surface area (Å²) in [6.07, 6.45) is 0. The fourth-order valence-corrected chi connectivity index (χ4v) is 2.66. The van der Waals surface area contributed by atoms with Gasteiger partial charge in [-0.1, -0.05) is 13.8 Å². The highest BCUT2D eigenvalue weighted by molar-refractivity contribution is 8.01. The van der Waals surface area contributed by atoms with Gasteiger partial charge < -0.3 is 0 Å². The van der Waals surface area contributed by atoms with E-state index in [0.29, 0.717) is 10.1 Å². The highest BCUT2D eigenvalue weighted by Crippen LogP contribution is 2.41. The zero-order chi connectivity index (χ0) is 10.1. The molecule has 0 nitrogen and oxygen atoms in total. The molecule has 0 bridgehead atoms. The molecule has 0 radical (unpaired) electrons. The molecule has 13 heavy (non-hydrogen) atoms. The lowest BCUT2D eigenvalue weighted by Gasteiger charge is -2.02. The molecule has 1 aromatic rings. The number of thiophene rings is 1. The van der Waals surface area contributed by atoms with Crippen LogP contribution in [0.2, 0.25) is 0 Å². The molecular weight excluding hydrogens is 217 g/mol. The van der Waals surface area contributed by atoms with Crippen molar-refractivity contribution in [2.45, 2.75) is 29.5 Å². The van der Waals surface area contributed by atoms with Crippen molar-refractivity contribution in [1.82, 2.24) is 0 Å². The minimum absolute atomic E-state index is 0.0425. The Bertz CT molecular complexity index is 275. The Balaban J connectivity index is 2.70. The Labute approximate surface area is 83.2 Å². The third-order valence-electron chi connectivity index (χ3n) is 1.39. The average molecular weight is 226 g/mol. The van der Waals surface area contributed by atoms with Crippen LogP contribution in [0.1, 0.15) is 24.6 Å². The molecular formula is C8H9F3S2. The lowest BCUT2D eigenvalue weighted by molar-refractivity contribution is -0.0326. The lowest BCUT2D eigenvalue weighted by atomic mass is 10.2. The van der Waals surface area contributed by atoms with Crippen LogP contribution in [0.15, 0.2) is 16.3 Å². The Morgan fingerprint density at radius 2 is 1.92 bits per heavy atom. The summed E-state index contributed by atoms with van der Waals surface area (Å²) in [6, 6.07) is 3.28. The first-order chi connectivity index (χ1) is 5.88. The first kappa shape index (κ1) is 10.9. The van der Waals surface area contributed by atoms with Crippen LogP contribution in [-0.2, 0) is 0 Å². The van der Waals surface area contributed by atoms with E-state index in [1.54, 1.807) is 6.07 Å². The molecule has 0 aromatic carbocycles. The summed E-state index contributed by atoms with van der Waals surface area (Å²) in [5, 5.41) is 0. The Kier molecular flexibility index (Phi) is 3.29. The van der Waals surface area contributed by atoms with Crippen LogP contribution in [0.3, 0.4) is 0 Å². The first-order valence-electron chi connectivity index (χ1n) is 3.74. The number of thioether (sulfide) groups is 1. The van der Waals surface area contributed by atoms with Crippen molar-refractivity contribution in [3.63, 3.8) is 0 Å². The molecule has 0 N–H and O–H groups in total. The van der Waals surface area contributed by atoms with Crippen LogP contribution >= 0.6 is 23.1 Å². The first-order valence-corrected chi connectivity index (χ1v) is 5.37. The van der Waals surface area contributed by atoms with E-state index >= 15 is 0 Å². The summed E-state index contributed by atoms with van der Waals surface area (Å²) in [4.78, 5) is 0.992. The molecule has 5 heteroatoms. The van der Waals surface area contributed by atoms with Gasteiger partial charge in [0.1, 0.15) is 0 Å². The van der Waals surface area contributed by atoms with E-state index < -0.39 is 5.51 Å². The Morgan fingerprint density at radius 1 is 1.31 bits per heavy atom. The number of alkyl halides is 3. The van der Waals surface area contributed by atoms with Gasteiger partial charge in [0.15, 0.2) is 0 Å². The second kappa shape index (κ2) is 3.92. The maximum absolute atomic E-state index is 11.9. The number of hydrogen-bond donors (Lipinski definition) is 0. The maximum atomic E-state index is 11.9. The molecule has 0 aliphatic carbocycles. The van der Waals surface area contributed by atoms with Gasteiger partial charge in [-0.05, 0) is 29.8 Å². The van der Waals surface area contributed by atoms with Gasteiger partial charge in [0.2, 0.25) is 0 Å². The molecule has 1 aromatic heterocycles. The van der Waals surface area contributed by atoms with E-state index in [0.717, 1.165) is 4.88 Å². The van der Waals surface area contributed by atoms with Gasteiger partial charge in [0.25, 0.3) is 0 Å². The van der Waals surface area contributed by atoms with Gasteiger partial charge in [0, 0.05) is 4.88 Å². The van der Waals surface area contributed by atoms with Crippen LogP contribution in [0, 0.1) is 0 Å². The highest BCUT2D eigenvalue weighted by atomic mass is 32.2. The molecule has 0 saturated carbocycles. The summed E-state index contributed by atoms with van der Waals surface area (Å²) in [5.41, 5.74) is -4.17. The van der Waals surface area contributed by atoms with Gasteiger partial charge in [-0.15, -0.1) is 11.3 Å². The van der Waals surface area contributed by atoms with Crippen LogP contribution in [0.4, 0.5) is 13.2 Å². The van der Waals surface area contributed by atoms with Gasteiger partial charge in [-0.2, -0.15) is 13.2 Å². The van der Waals surface area contributed by atoms with Gasteiger partial charge in [-0.3, -0.25) is 0 Å². The highest BCUT2D eigenvalue weighted by Gasteiger charge is 2.30. The van der Waals surface area contributed by atoms with E-state index in [1.807, 2.05) is 13.8 Å². The van der Waals surface area contributed by atoms with E-state index in [-0.39, 0.29) is 11.8 Å². The van der Waals surface area contributed by atoms with Gasteiger partial charge in [0.05, 0.1) is 4.21 Å². The molecule has 0 aliphatic heterocycles. The Hall–Kier alpha value is -0.160. The molecule has 0 spiro atoms. The van der Waals surface area contributed by atoms with Gasteiger partial charge >= 0.3 is 5.51 Å². The average Bonchev–Trinajstić information content (AvgIpc) is 2.31. The fourth-order valence-electron chi connectivity index (χ4n) is 0.814. The molecule has 0 aliphatic rings. The number of halogens is 3. The SMILES string of the molecule is CC(C)c1ccc(SC(F)(F)F)s1. The van der Waals surface area contributed by atoms with E-state index in [1.165, 1.54) is 17.4 Å². The van der Waals surface area contributed by atoms with Crippen molar-refractivity contribution in [1.29, 1.82) is 0 Å².